The van der Waals surface area contributed by atoms with E-state index < -0.39 is 17.7 Å². The van der Waals surface area contributed by atoms with Crippen molar-refractivity contribution in [2.75, 3.05) is 7.11 Å². The van der Waals surface area contributed by atoms with Gasteiger partial charge in [0.1, 0.15) is 17.7 Å². The minimum atomic E-state index is -1.00. The van der Waals surface area contributed by atoms with Gasteiger partial charge in [0.15, 0.2) is 0 Å². The molecule has 7 heteroatoms. The molecule has 2 aliphatic rings. The summed E-state index contributed by atoms with van der Waals surface area (Å²) < 4.78 is 27.2. The first kappa shape index (κ1) is 31.0. The first-order valence-electron chi connectivity index (χ1n) is 15.5. The van der Waals surface area contributed by atoms with E-state index in [0.717, 1.165) is 59.3 Å². The van der Waals surface area contributed by atoms with Crippen LogP contribution in [0.1, 0.15) is 95.1 Å². The largest absolute Gasteiger partial charge is 0.550 e. The maximum absolute atomic E-state index is 15.2. The number of aliphatic carboxylic acids is 1. The molecule has 3 atom stereocenters. The Hall–Kier alpha value is -3.45. The lowest BCUT2D eigenvalue weighted by Gasteiger charge is -2.39. The monoisotopic (exact) mass is 587 g/mol. The molecule has 0 bridgehead atoms. The average molecular weight is 588 g/mol. The van der Waals surface area contributed by atoms with Gasteiger partial charge in [0.05, 0.1) is 13.3 Å². The van der Waals surface area contributed by atoms with Gasteiger partial charge in [-0.1, -0.05) is 37.3 Å². The van der Waals surface area contributed by atoms with Gasteiger partial charge in [-0.05, 0) is 106 Å². The second-order valence-electron chi connectivity index (χ2n) is 13.5. The van der Waals surface area contributed by atoms with E-state index in [4.69, 9.17) is 9.47 Å². The average Bonchev–Trinajstić information content (AvgIpc) is 3.80. The summed E-state index contributed by atoms with van der Waals surface area (Å²) in [6, 6.07) is 14.3. The van der Waals surface area contributed by atoms with Crippen LogP contribution in [0.2, 0.25) is 0 Å². The minimum absolute atomic E-state index is 0.0724. The minimum Gasteiger partial charge on any atom is -0.550 e. The summed E-state index contributed by atoms with van der Waals surface area (Å²) >= 11 is 0. The number of methoxy groups -OCH3 is 1. The van der Waals surface area contributed by atoms with Gasteiger partial charge in [-0.3, -0.25) is 4.90 Å². The number of fused-ring (bicyclic) bond motifs is 1. The van der Waals surface area contributed by atoms with Crippen molar-refractivity contribution in [3.8, 4) is 22.8 Å². The summed E-state index contributed by atoms with van der Waals surface area (Å²) in [6.07, 6.45) is 4.81. The molecular formula is C36H44FN2O4-. The van der Waals surface area contributed by atoms with E-state index in [9.17, 15) is 9.90 Å². The van der Waals surface area contributed by atoms with E-state index in [-0.39, 0.29) is 23.6 Å². The number of pyridine rings is 1. The molecule has 1 aliphatic heterocycles. The van der Waals surface area contributed by atoms with E-state index in [2.05, 4.69) is 68.8 Å². The van der Waals surface area contributed by atoms with Crippen LogP contribution in [0.15, 0.2) is 48.7 Å². The Kier molecular flexibility index (Phi) is 8.85. The van der Waals surface area contributed by atoms with Crippen LogP contribution in [0.3, 0.4) is 0 Å². The molecular weight excluding hydrogens is 543 g/mol. The molecule has 1 unspecified atom stereocenters. The molecule has 2 heterocycles. The molecule has 1 fully saturated rings. The van der Waals surface area contributed by atoms with Gasteiger partial charge in [0, 0.05) is 41.6 Å². The highest BCUT2D eigenvalue weighted by Gasteiger charge is 2.37. The van der Waals surface area contributed by atoms with Gasteiger partial charge in [-0.2, -0.15) is 0 Å². The Balaban J connectivity index is 1.51. The fourth-order valence-corrected chi connectivity index (χ4v) is 6.72. The number of hydrogen-bond donors (Lipinski definition) is 0. The highest BCUT2D eigenvalue weighted by atomic mass is 19.1. The number of carbonyl (C=O) groups excluding carboxylic acids is 1. The second kappa shape index (κ2) is 12.3. The van der Waals surface area contributed by atoms with Gasteiger partial charge in [0.25, 0.3) is 0 Å². The van der Waals surface area contributed by atoms with E-state index in [0.29, 0.717) is 23.9 Å². The summed E-state index contributed by atoms with van der Waals surface area (Å²) in [5.74, 6) is -0.472. The Bertz CT molecular complexity index is 1480. The summed E-state index contributed by atoms with van der Waals surface area (Å²) in [5, 5.41) is 11.8. The number of nitrogens with zero attached hydrogens (tertiary/aromatic N) is 2. The standard InChI is InChI=1S/C36H45FN2O4/c1-21(2)39(36(4,5)6)20-27-16-25(12-14-28(27)29-18-33(42-7)38-19-30(29)37)31-15-13-23-8-11-26(17-32(23)43-31)34(24-9-10-24)22(3)35(40)41/h8,11-12,14,16-19,21-22,24,31,34H,9-10,13,15,20H2,1-7H3,(H,40,41)/p-1/t22-,31?,34-/m0/s1. The Morgan fingerprint density at radius 1 is 1.09 bits per heavy atom. The predicted octanol–water partition coefficient (Wildman–Crippen LogP) is 6.85. The summed E-state index contributed by atoms with van der Waals surface area (Å²) in [7, 11) is 1.53. The molecule has 2 aromatic carbocycles. The molecule has 0 radical (unpaired) electrons. The predicted molar refractivity (Wildman–Crippen MR) is 164 cm³/mol. The molecule has 1 aliphatic carbocycles. The molecule has 1 aromatic heterocycles. The fourth-order valence-electron chi connectivity index (χ4n) is 6.72. The van der Waals surface area contributed by atoms with Crippen LogP contribution >= 0.6 is 0 Å². The number of aryl methyl sites for hydroxylation is 1. The summed E-state index contributed by atoms with van der Waals surface area (Å²) in [6.45, 7) is 13.3. The highest BCUT2D eigenvalue weighted by Crippen LogP contribution is 2.48. The Morgan fingerprint density at radius 3 is 2.47 bits per heavy atom. The number of carboxylic acid groups (broad SMARTS) is 1. The maximum Gasteiger partial charge on any atom is 0.213 e. The van der Waals surface area contributed by atoms with Gasteiger partial charge < -0.3 is 19.4 Å². The SMILES string of the molecule is COc1cc(-c2ccc(C3CCc4ccc([C@H](C5CC5)[C@H](C)C(=O)[O-])cc4O3)cc2CN(C(C)C)C(C)(C)C)c(F)cn1. The van der Waals surface area contributed by atoms with Crippen LogP contribution < -0.4 is 14.6 Å². The van der Waals surface area contributed by atoms with E-state index >= 15 is 4.39 Å². The molecule has 230 valence electrons. The van der Waals surface area contributed by atoms with Crippen LogP contribution in [0.4, 0.5) is 4.39 Å². The third-order valence-electron chi connectivity index (χ3n) is 9.12. The van der Waals surface area contributed by atoms with Crippen LogP contribution in [-0.4, -0.2) is 34.5 Å². The van der Waals surface area contributed by atoms with E-state index in [1.54, 1.807) is 13.0 Å². The van der Waals surface area contributed by atoms with Crippen LogP contribution in [0, 0.1) is 17.7 Å². The first-order chi connectivity index (χ1) is 20.4. The zero-order valence-corrected chi connectivity index (χ0v) is 26.4. The van der Waals surface area contributed by atoms with Crippen molar-refractivity contribution in [2.45, 2.75) is 97.4 Å². The lowest BCUT2D eigenvalue weighted by Crippen LogP contribution is -2.45. The molecule has 3 aromatic rings. The highest BCUT2D eigenvalue weighted by molar-refractivity contribution is 5.70. The molecule has 6 nitrogen and oxygen atoms in total. The number of halogens is 1. The van der Waals surface area contributed by atoms with Gasteiger partial charge in [-0.25, -0.2) is 9.37 Å². The van der Waals surface area contributed by atoms with Crippen molar-refractivity contribution >= 4 is 5.97 Å². The Morgan fingerprint density at radius 2 is 1.84 bits per heavy atom. The normalized spacial score (nSPS) is 18.2. The molecule has 0 spiro atoms. The Labute approximate surface area is 255 Å². The van der Waals surface area contributed by atoms with Crippen molar-refractivity contribution in [1.82, 2.24) is 9.88 Å². The van der Waals surface area contributed by atoms with Gasteiger partial charge in [0.2, 0.25) is 5.88 Å². The van der Waals surface area contributed by atoms with Gasteiger partial charge in [-0.15, -0.1) is 0 Å². The number of carbonyl (C=O) groups is 1. The quantitative estimate of drug-likeness (QED) is 0.258. The number of hydrogen-bond acceptors (Lipinski definition) is 6. The lowest BCUT2D eigenvalue weighted by molar-refractivity contribution is -0.311. The molecule has 0 N–H and O–H groups in total. The number of benzene rings is 2. The molecule has 0 saturated heterocycles. The van der Waals surface area contributed by atoms with Crippen LogP contribution in [-0.2, 0) is 17.8 Å². The lowest BCUT2D eigenvalue weighted by atomic mass is 9.82. The summed E-state index contributed by atoms with van der Waals surface area (Å²) in [5.41, 5.74) is 5.35. The van der Waals surface area contributed by atoms with Crippen molar-refractivity contribution in [3.05, 3.63) is 76.7 Å². The number of aromatic nitrogens is 1. The second-order valence-corrected chi connectivity index (χ2v) is 13.5. The van der Waals surface area contributed by atoms with Crippen LogP contribution in [0.25, 0.3) is 11.1 Å². The van der Waals surface area contributed by atoms with Crippen molar-refractivity contribution in [2.24, 2.45) is 11.8 Å². The fraction of sp³-hybridized carbons (Fsp3) is 0.500. The smallest absolute Gasteiger partial charge is 0.213 e. The third-order valence-corrected chi connectivity index (χ3v) is 9.12. The van der Waals surface area contributed by atoms with Crippen LogP contribution in [0.5, 0.6) is 11.6 Å². The van der Waals surface area contributed by atoms with E-state index in [1.807, 2.05) is 12.1 Å². The maximum atomic E-state index is 15.2. The molecule has 1 saturated carbocycles. The zero-order chi connectivity index (χ0) is 31.1. The topological polar surface area (TPSA) is 74.7 Å². The number of rotatable bonds is 10. The zero-order valence-electron chi connectivity index (χ0n) is 26.4. The third kappa shape index (κ3) is 6.72. The molecule has 0 amide bonds. The summed E-state index contributed by atoms with van der Waals surface area (Å²) in [4.78, 5) is 18.2. The number of ether oxygens (including phenoxy) is 2. The van der Waals surface area contributed by atoms with Gasteiger partial charge >= 0.3 is 0 Å². The molecule has 43 heavy (non-hydrogen) atoms. The van der Waals surface area contributed by atoms with E-state index in [1.165, 1.54) is 13.3 Å². The van der Waals surface area contributed by atoms with Crippen molar-refractivity contribution in [3.63, 3.8) is 0 Å². The van der Waals surface area contributed by atoms with Crippen molar-refractivity contribution < 1.29 is 23.8 Å². The first-order valence-corrected chi connectivity index (χ1v) is 15.5. The van der Waals surface area contributed by atoms with Crippen molar-refractivity contribution in [1.29, 1.82) is 0 Å². The molecule has 5 rings (SSSR count). The number of carboxylic acids is 1.